The van der Waals surface area contributed by atoms with Gasteiger partial charge in [0.25, 0.3) is 11.9 Å². The molecule has 1 aliphatic heterocycles. The van der Waals surface area contributed by atoms with Crippen LogP contribution in [0.3, 0.4) is 0 Å². The van der Waals surface area contributed by atoms with Crippen molar-refractivity contribution >= 4 is 11.9 Å². The minimum absolute atomic E-state index is 0.177. The Morgan fingerprint density at radius 2 is 2.16 bits per heavy atom. The van der Waals surface area contributed by atoms with E-state index < -0.39 is 11.7 Å². The SMILES string of the molecule is CC(C)COC(=NCCN1CCOCC1)NC(=O)c1cccc(F)c1. The van der Waals surface area contributed by atoms with E-state index >= 15 is 0 Å². The van der Waals surface area contributed by atoms with Crippen LogP contribution in [0.2, 0.25) is 0 Å². The van der Waals surface area contributed by atoms with E-state index in [1.165, 1.54) is 18.2 Å². The molecule has 1 heterocycles. The van der Waals surface area contributed by atoms with E-state index in [0.29, 0.717) is 19.1 Å². The number of rotatable bonds is 6. The lowest BCUT2D eigenvalue weighted by atomic mass is 10.2. The zero-order valence-electron chi connectivity index (χ0n) is 14.8. The summed E-state index contributed by atoms with van der Waals surface area (Å²) in [4.78, 5) is 18.9. The van der Waals surface area contributed by atoms with Crippen LogP contribution in [0.5, 0.6) is 0 Å². The number of amidine groups is 1. The summed E-state index contributed by atoms with van der Waals surface area (Å²) in [7, 11) is 0. The van der Waals surface area contributed by atoms with Gasteiger partial charge in [-0.1, -0.05) is 19.9 Å². The molecule has 2 rings (SSSR count). The van der Waals surface area contributed by atoms with Crippen LogP contribution in [0.4, 0.5) is 4.39 Å². The minimum atomic E-state index is -0.457. The highest BCUT2D eigenvalue weighted by Gasteiger charge is 2.13. The molecule has 1 fully saturated rings. The standard InChI is InChI=1S/C18H26FN3O3/c1-14(2)13-25-18(20-6-7-22-8-10-24-11-9-22)21-17(23)15-4-3-5-16(19)12-15/h3-5,12,14H,6-11,13H2,1-2H3,(H,20,21,23). The van der Waals surface area contributed by atoms with Crippen LogP contribution in [-0.4, -0.2) is 62.8 Å². The second kappa shape index (κ2) is 10.1. The monoisotopic (exact) mass is 351 g/mol. The number of ether oxygens (including phenoxy) is 2. The van der Waals surface area contributed by atoms with Crippen LogP contribution in [0.25, 0.3) is 0 Å². The van der Waals surface area contributed by atoms with Gasteiger partial charge in [-0.05, 0) is 24.1 Å². The smallest absolute Gasteiger partial charge is 0.291 e. The van der Waals surface area contributed by atoms with E-state index in [1.807, 2.05) is 13.8 Å². The van der Waals surface area contributed by atoms with Crippen molar-refractivity contribution < 1.29 is 18.7 Å². The third-order valence-corrected chi connectivity index (χ3v) is 3.64. The largest absolute Gasteiger partial charge is 0.465 e. The van der Waals surface area contributed by atoms with Crippen LogP contribution in [0.1, 0.15) is 24.2 Å². The molecule has 1 aromatic rings. The first kappa shape index (κ1) is 19.3. The highest BCUT2D eigenvalue weighted by atomic mass is 19.1. The van der Waals surface area contributed by atoms with Crippen molar-refractivity contribution in [1.82, 2.24) is 10.2 Å². The van der Waals surface area contributed by atoms with Crippen LogP contribution >= 0.6 is 0 Å². The number of benzene rings is 1. The number of halogens is 1. The molecule has 0 aliphatic carbocycles. The number of carbonyl (C=O) groups excluding carboxylic acids is 1. The molecule has 0 atom stereocenters. The molecule has 25 heavy (non-hydrogen) atoms. The van der Waals surface area contributed by atoms with E-state index in [2.05, 4.69) is 15.2 Å². The van der Waals surface area contributed by atoms with Gasteiger partial charge < -0.3 is 9.47 Å². The fourth-order valence-electron chi connectivity index (χ4n) is 2.28. The first-order valence-electron chi connectivity index (χ1n) is 8.59. The van der Waals surface area contributed by atoms with Crippen LogP contribution in [0, 0.1) is 11.7 Å². The van der Waals surface area contributed by atoms with E-state index in [1.54, 1.807) is 6.07 Å². The molecule has 1 saturated heterocycles. The van der Waals surface area contributed by atoms with Gasteiger partial charge in [-0.15, -0.1) is 0 Å². The Morgan fingerprint density at radius 1 is 1.40 bits per heavy atom. The Bertz CT molecular complexity index is 587. The van der Waals surface area contributed by atoms with Crippen molar-refractivity contribution in [2.45, 2.75) is 13.8 Å². The van der Waals surface area contributed by atoms with E-state index in [-0.39, 0.29) is 11.6 Å². The third-order valence-electron chi connectivity index (χ3n) is 3.64. The molecule has 138 valence electrons. The topological polar surface area (TPSA) is 63.2 Å². The number of morpholine rings is 1. The number of hydrogen-bond acceptors (Lipinski definition) is 5. The Hall–Kier alpha value is -1.99. The number of aliphatic imine (C=N–C) groups is 1. The zero-order chi connectivity index (χ0) is 18.1. The number of nitrogens with one attached hydrogen (secondary N) is 1. The lowest BCUT2D eigenvalue weighted by Crippen LogP contribution is -2.38. The molecule has 7 heteroatoms. The van der Waals surface area contributed by atoms with Crippen molar-refractivity contribution in [2.75, 3.05) is 46.0 Å². The van der Waals surface area contributed by atoms with Gasteiger partial charge in [0.05, 0.1) is 26.4 Å². The van der Waals surface area contributed by atoms with Crippen molar-refractivity contribution in [3.63, 3.8) is 0 Å². The second-order valence-corrected chi connectivity index (χ2v) is 6.31. The molecule has 1 aromatic carbocycles. The quantitative estimate of drug-likeness (QED) is 0.628. The van der Waals surface area contributed by atoms with Crippen LogP contribution in [-0.2, 0) is 9.47 Å². The summed E-state index contributed by atoms with van der Waals surface area (Å²) in [6.45, 7) is 8.98. The molecule has 6 nitrogen and oxygen atoms in total. The summed E-state index contributed by atoms with van der Waals surface area (Å²) < 4.78 is 24.2. The van der Waals surface area contributed by atoms with Crippen molar-refractivity contribution in [1.29, 1.82) is 0 Å². The molecule has 1 amide bonds. The predicted molar refractivity (Wildman–Crippen MR) is 94.2 cm³/mol. The maximum atomic E-state index is 13.3. The van der Waals surface area contributed by atoms with Crippen molar-refractivity contribution in [3.05, 3.63) is 35.6 Å². The average Bonchev–Trinajstić information content (AvgIpc) is 2.60. The molecular weight excluding hydrogens is 325 g/mol. The second-order valence-electron chi connectivity index (χ2n) is 6.31. The molecule has 0 radical (unpaired) electrons. The van der Waals surface area contributed by atoms with Crippen molar-refractivity contribution in [3.8, 4) is 0 Å². The van der Waals surface area contributed by atoms with E-state index in [4.69, 9.17) is 9.47 Å². The fraction of sp³-hybridized carbons (Fsp3) is 0.556. The summed E-state index contributed by atoms with van der Waals surface area (Å²) in [5.74, 6) is -0.592. The highest BCUT2D eigenvalue weighted by Crippen LogP contribution is 2.04. The van der Waals surface area contributed by atoms with Gasteiger partial charge in [0.1, 0.15) is 5.82 Å². The Balaban J connectivity index is 1.93. The normalized spacial score (nSPS) is 16.1. The number of amides is 1. The molecule has 0 aromatic heterocycles. The molecule has 0 spiro atoms. The van der Waals surface area contributed by atoms with Gasteiger partial charge in [-0.2, -0.15) is 0 Å². The van der Waals surface area contributed by atoms with Gasteiger partial charge in [-0.3, -0.25) is 15.0 Å². The summed E-state index contributed by atoms with van der Waals surface area (Å²) in [6, 6.07) is 5.70. The summed E-state index contributed by atoms with van der Waals surface area (Å²) in [5.41, 5.74) is 0.231. The zero-order valence-corrected chi connectivity index (χ0v) is 14.8. The molecule has 0 saturated carbocycles. The Labute approximate surface area is 148 Å². The Kier molecular flexibility index (Phi) is 7.81. The van der Waals surface area contributed by atoms with E-state index in [0.717, 1.165) is 32.8 Å². The summed E-state index contributed by atoms with van der Waals surface area (Å²) >= 11 is 0. The molecule has 1 N–H and O–H groups in total. The number of nitrogens with zero attached hydrogens (tertiary/aromatic N) is 2. The van der Waals surface area contributed by atoms with Gasteiger partial charge in [-0.25, -0.2) is 9.38 Å². The lowest BCUT2D eigenvalue weighted by Gasteiger charge is -2.25. The molecular formula is C18H26FN3O3. The van der Waals surface area contributed by atoms with Gasteiger partial charge in [0, 0.05) is 25.2 Å². The maximum absolute atomic E-state index is 13.3. The summed E-state index contributed by atoms with van der Waals surface area (Å²) in [5, 5.41) is 2.63. The minimum Gasteiger partial charge on any atom is -0.465 e. The van der Waals surface area contributed by atoms with Crippen molar-refractivity contribution in [2.24, 2.45) is 10.9 Å². The summed E-state index contributed by atoms with van der Waals surface area (Å²) in [6.07, 6.45) is 0. The third kappa shape index (κ3) is 7.19. The lowest BCUT2D eigenvalue weighted by molar-refractivity contribution is 0.0394. The molecule has 0 bridgehead atoms. The maximum Gasteiger partial charge on any atom is 0.291 e. The van der Waals surface area contributed by atoms with Crippen LogP contribution < -0.4 is 5.32 Å². The van der Waals surface area contributed by atoms with Crippen LogP contribution in [0.15, 0.2) is 29.3 Å². The van der Waals surface area contributed by atoms with Gasteiger partial charge in [0.15, 0.2) is 0 Å². The highest BCUT2D eigenvalue weighted by molar-refractivity contribution is 6.04. The molecule has 1 aliphatic rings. The number of hydrogen-bond donors (Lipinski definition) is 1. The van der Waals surface area contributed by atoms with E-state index in [9.17, 15) is 9.18 Å². The number of carbonyl (C=O) groups is 1. The average molecular weight is 351 g/mol. The van der Waals surface area contributed by atoms with Gasteiger partial charge in [0.2, 0.25) is 0 Å². The first-order valence-corrected chi connectivity index (χ1v) is 8.59. The molecule has 0 unspecified atom stereocenters. The first-order chi connectivity index (χ1) is 12.0. The van der Waals surface area contributed by atoms with Gasteiger partial charge >= 0.3 is 0 Å². The Morgan fingerprint density at radius 3 is 2.84 bits per heavy atom. The fourth-order valence-corrected chi connectivity index (χ4v) is 2.28. The predicted octanol–water partition coefficient (Wildman–Crippen LogP) is 1.92.